The molecular weight excluding hydrogens is 396 g/mol. The Morgan fingerprint density at radius 1 is 1.22 bits per heavy atom. The summed E-state index contributed by atoms with van der Waals surface area (Å²) in [6, 6.07) is 9.79. The summed E-state index contributed by atoms with van der Waals surface area (Å²) >= 11 is 0. The van der Waals surface area contributed by atoms with Crippen LogP contribution in [0.4, 0.5) is 0 Å². The topological polar surface area (TPSA) is 80.4 Å². The number of hydrazone groups is 1. The van der Waals surface area contributed by atoms with E-state index in [0.29, 0.717) is 5.92 Å². The molecule has 2 aromatic rings. The number of nitrogens with zero attached hydrogens (tertiary/aromatic N) is 2. The summed E-state index contributed by atoms with van der Waals surface area (Å²) in [5, 5.41) is 5.15. The van der Waals surface area contributed by atoms with E-state index in [1.165, 1.54) is 12.6 Å². The smallest absolute Gasteiger partial charge is 0.243 e. The first-order chi connectivity index (χ1) is 15.5. The van der Waals surface area contributed by atoms with Crippen LogP contribution in [0, 0.1) is 17.8 Å². The van der Waals surface area contributed by atoms with E-state index in [9.17, 15) is 4.79 Å². The van der Waals surface area contributed by atoms with Gasteiger partial charge in [0.25, 0.3) is 0 Å². The van der Waals surface area contributed by atoms with Crippen LogP contribution in [0.1, 0.15) is 46.6 Å². The fourth-order valence-electron chi connectivity index (χ4n) is 3.01. The van der Waals surface area contributed by atoms with Gasteiger partial charge in [0.05, 0.1) is 11.7 Å². The quantitative estimate of drug-likeness (QED) is 0.257. The van der Waals surface area contributed by atoms with Crippen molar-refractivity contribution in [1.82, 2.24) is 10.4 Å². The third-order valence-corrected chi connectivity index (χ3v) is 4.33. The Morgan fingerprint density at radius 3 is 2.47 bits per heavy atom. The minimum Gasteiger partial charge on any atom is -0.333 e. The summed E-state index contributed by atoms with van der Waals surface area (Å²) in [6.07, 6.45) is 10.1. The molecule has 1 saturated carbocycles. The highest BCUT2D eigenvalue weighted by atomic mass is 16.2. The fourth-order valence-corrected chi connectivity index (χ4v) is 3.01. The van der Waals surface area contributed by atoms with Gasteiger partial charge in [-0.25, -0.2) is 5.43 Å². The molecule has 3 rings (SSSR count). The minimum absolute atomic E-state index is 0.000883. The van der Waals surface area contributed by atoms with Gasteiger partial charge in [0.1, 0.15) is 0 Å². The van der Waals surface area contributed by atoms with Gasteiger partial charge in [0.2, 0.25) is 5.91 Å². The molecule has 0 bridgehead atoms. The van der Waals surface area contributed by atoms with Gasteiger partial charge in [-0.3, -0.25) is 9.78 Å². The molecule has 1 aromatic heterocycles. The fraction of sp³-hybridized carbons (Fsp3) is 0.370. The number of aromatic nitrogens is 1. The molecule has 0 radical (unpaired) electrons. The molecule has 0 aliphatic heterocycles. The average molecular weight is 437 g/mol. The van der Waals surface area contributed by atoms with Crippen LogP contribution in [-0.4, -0.2) is 24.2 Å². The first-order valence-electron chi connectivity index (χ1n) is 11.2. The zero-order valence-electron chi connectivity index (χ0n) is 20.5. The number of nitrogens with one attached hydrogen (secondary N) is 1. The third kappa shape index (κ3) is 9.84. The third-order valence-electron chi connectivity index (χ3n) is 4.33. The zero-order valence-corrected chi connectivity index (χ0v) is 20.5. The molecular formula is C27H40N4O. The Morgan fingerprint density at radius 2 is 1.88 bits per heavy atom. The summed E-state index contributed by atoms with van der Waals surface area (Å²) in [5.41, 5.74) is 10.2. The molecule has 174 valence electrons. The molecule has 1 aromatic carbocycles. The Balaban J connectivity index is 0.00000124. The van der Waals surface area contributed by atoms with Gasteiger partial charge in [-0.2, -0.15) is 5.10 Å². The van der Waals surface area contributed by atoms with Gasteiger partial charge in [-0.15, -0.1) is 6.58 Å². The lowest BCUT2D eigenvalue weighted by Gasteiger charge is -2.03. The van der Waals surface area contributed by atoms with Crippen molar-refractivity contribution < 1.29 is 4.79 Å². The molecule has 1 fully saturated rings. The normalized spacial score (nSPS) is 16.6. The molecule has 3 N–H and O–H groups in total. The van der Waals surface area contributed by atoms with Crippen molar-refractivity contribution in [3.05, 3.63) is 79.1 Å². The van der Waals surface area contributed by atoms with E-state index in [1.54, 1.807) is 18.5 Å². The van der Waals surface area contributed by atoms with Crippen molar-refractivity contribution in [2.75, 3.05) is 7.05 Å². The number of benzene rings is 1. The second kappa shape index (κ2) is 16.6. The largest absolute Gasteiger partial charge is 0.333 e. The van der Waals surface area contributed by atoms with Gasteiger partial charge in [-0.05, 0) is 61.6 Å². The van der Waals surface area contributed by atoms with Crippen LogP contribution in [0.15, 0.2) is 78.6 Å². The number of carbonyl (C=O) groups excluding carboxylic acids is 1. The predicted octanol–water partition coefficient (Wildman–Crippen LogP) is 5.88. The summed E-state index contributed by atoms with van der Waals surface area (Å²) < 4.78 is 0. The van der Waals surface area contributed by atoms with Crippen LogP contribution in [0.25, 0.3) is 10.9 Å². The standard InChI is InChI=1S/C21H23N3O.C3H6.C2H6.CH5N/c1-4-16(10-14(2)3)18-12-19(18)21(25)24-23-13-15-7-8-20-17(11-15)6-5-9-22-20;1-3-2;2*1-2/h4-11,13-14,18-19H,1,12H2,2-3H3,(H,24,25);3H,1H2,2H3;1-2H3;2H2,1H3/b16-10+,23-13+;;;. The molecule has 1 heterocycles. The van der Waals surface area contributed by atoms with E-state index in [2.05, 4.69) is 54.3 Å². The summed E-state index contributed by atoms with van der Waals surface area (Å²) in [5.74, 6) is 0.709. The molecule has 5 nitrogen and oxygen atoms in total. The first-order valence-corrected chi connectivity index (χ1v) is 11.2. The lowest BCUT2D eigenvalue weighted by atomic mass is 10.0. The Kier molecular flexibility index (Phi) is 15.0. The Bertz CT molecular complexity index is 899. The van der Waals surface area contributed by atoms with E-state index in [0.717, 1.165) is 22.9 Å². The van der Waals surface area contributed by atoms with Crippen molar-refractivity contribution >= 4 is 23.0 Å². The minimum atomic E-state index is -0.0276. The predicted molar refractivity (Wildman–Crippen MR) is 140 cm³/mol. The Labute approximate surface area is 194 Å². The maximum Gasteiger partial charge on any atom is 0.243 e. The number of fused-ring (bicyclic) bond motifs is 1. The van der Waals surface area contributed by atoms with Gasteiger partial charge in [-0.1, -0.05) is 64.6 Å². The molecule has 1 aliphatic rings. The SMILES string of the molecule is C=C/C(=C\C(C)C)C1CC1C(=O)N/N=C/c1ccc2ncccc2c1.C=CC.CC.CN. The number of nitrogens with two attached hydrogens (primary N) is 1. The number of allylic oxidation sites excluding steroid dienone is 4. The van der Waals surface area contributed by atoms with Gasteiger partial charge >= 0.3 is 0 Å². The van der Waals surface area contributed by atoms with Crippen molar-refractivity contribution in [1.29, 1.82) is 0 Å². The van der Waals surface area contributed by atoms with Gasteiger partial charge < -0.3 is 5.73 Å². The van der Waals surface area contributed by atoms with Crippen LogP contribution in [-0.2, 0) is 4.79 Å². The Hall–Kier alpha value is -3.05. The maximum atomic E-state index is 12.2. The number of rotatable bonds is 6. The molecule has 32 heavy (non-hydrogen) atoms. The van der Waals surface area contributed by atoms with Gasteiger partial charge in [0.15, 0.2) is 0 Å². The van der Waals surface area contributed by atoms with Crippen molar-refractivity contribution in [2.24, 2.45) is 28.6 Å². The summed E-state index contributed by atoms with van der Waals surface area (Å²) in [7, 11) is 1.50. The van der Waals surface area contributed by atoms with Crippen LogP contribution in [0.3, 0.4) is 0 Å². The molecule has 0 spiro atoms. The van der Waals surface area contributed by atoms with E-state index in [-0.39, 0.29) is 17.7 Å². The first kappa shape index (κ1) is 28.9. The molecule has 2 unspecified atom stereocenters. The van der Waals surface area contributed by atoms with Crippen molar-refractivity contribution in [3.8, 4) is 0 Å². The highest BCUT2D eigenvalue weighted by Gasteiger charge is 2.44. The van der Waals surface area contributed by atoms with Crippen molar-refractivity contribution in [2.45, 2.75) is 41.0 Å². The highest BCUT2D eigenvalue weighted by molar-refractivity contribution is 5.89. The van der Waals surface area contributed by atoms with E-state index < -0.39 is 0 Å². The summed E-state index contributed by atoms with van der Waals surface area (Å²) in [6.45, 7) is 17.4. The maximum absolute atomic E-state index is 12.2. The monoisotopic (exact) mass is 436 g/mol. The molecule has 2 atom stereocenters. The van der Waals surface area contributed by atoms with E-state index in [4.69, 9.17) is 0 Å². The molecule has 5 heteroatoms. The van der Waals surface area contributed by atoms with Crippen LogP contribution in [0.2, 0.25) is 0 Å². The van der Waals surface area contributed by atoms with E-state index in [1.807, 2.05) is 57.2 Å². The number of hydrogen-bond donors (Lipinski definition) is 2. The average Bonchev–Trinajstić information content (AvgIpc) is 3.61. The lowest BCUT2D eigenvalue weighted by molar-refractivity contribution is -0.122. The van der Waals surface area contributed by atoms with Gasteiger partial charge in [0, 0.05) is 17.5 Å². The molecule has 1 amide bonds. The number of amides is 1. The number of pyridine rings is 1. The number of hydrogen-bond acceptors (Lipinski definition) is 4. The van der Waals surface area contributed by atoms with Crippen LogP contribution < -0.4 is 11.2 Å². The summed E-state index contributed by atoms with van der Waals surface area (Å²) in [4.78, 5) is 16.5. The lowest BCUT2D eigenvalue weighted by Crippen LogP contribution is -2.20. The van der Waals surface area contributed by atoms with Crippen LogP contribution >= 0.6 is 0 Å². The number of carbonyl (C=O) groups is 1. The molecule has 1 aliphatic carbocycles. The molecule has 0 saturated heterocycles. The van der Waals surface area contributed by atoms with E-state index >= 15 is 0 Å². The highest BCUT2D eigenvalue weighted by Crippen LogP contribution is 2.45. The second-order valence-corrected chi connectivity index (χ2v) is 7.16. The van der Waals surface area contributed by atoms with Crippen LogP contribution in [0.5, 0.6) is 0 Å². The second-order valence-electron chi connectivity index (χ2n) is 7.16. The van der Waals surface area contributed by atoms with Crippen molar-refractivity contribution in [3.63, 3.8) is 0 Å². The zero-order chi connectivity index (χ0) is 24.5.